The summed E-state index contributed by atoms with van der Waals surface area (Å²) in [4.78, 5) is 0. The Labute approximate surface area is 158 Å². The van der Waals surface area contributed by atoms with E-state index in [1.54, 1.807) is 26.5 Å². The summed E-state index contributed by atoms with van der Waals surface area (Å²) < 4.78 is 16.5. The minimum Gasteiger partial charge on any atom is -0.497 e. The maximum absolute atomic E-state index is 9.52. The van der Waals surface area contributed by atoms with Crippen molar-refractivity contribution < 1.29 is 13.9 Å². The van der Waals surface area contributed by atoms with Crippen LogP contribution in [0.1, 0.15) is 33.6 Å². The lowest BCUT2D eigenvalue weighted by Gasteiger charge is -2.10. The van der Waals surface area contributed by atoms with Crippen LogP contribution < -0.4 is 9.47 Å². The van der Waals surface area contributed by atoms with Crippen LogP contribution in [0.15, 0.2) is 53.1 Å². The van der Waals surface area contributed by atoms with Gasteiger partial charge in [-0.2, -0.15) is 5.26 Å². The van der Waals surface area contributed by atoms with Gasteiger partial charge in [-0.1, -0.05) is 12.1 Å². The normalized spacial score (nSPS) is 12.7. The van der Waals surface area contributed by atoms with E-state index in [-0.39, 0.29) is 0 Å². The van der Waals surface area contributed by atoms with Crippen molar-refractivity contribution in [1.29, 1.82) is 5.26 Å². The first-order valence-electron chi connectivity index (χ1n) is 8.69. The zero-order chi connectivity index (χ0) is 19.0. The third-order valence-corrected chi connectivity index (χ3v) is 5.06. The van der Waals surface area contributed by atoms with Gasteiger partial charge in [0.25, 0.3) is 0 Å². The molecule has 1 aliphatic carbocycles. The van der Waals surface area contributed by atoms with Crippen LogP contribution >= 0.6 is 0 Å². The number of methoxy groups -OCH3 is 2. The molecule has 4 rings (SSSR count). The number of rotatable bonds is 4. The zero-order valence-corrected chi connectivity index (χ0v) is 15.5. The van der Waals surface area contributed by atoms with Crippen LogP contribution in [-0.2, 0) is 6.42 Å². The number of benzene rings is 2. The predicted octanol–water partition coefficient (Wildman–Crippen LogP) is 4.99. The van der Waals surface area contributed by atoms with Gasteiger partial charge in [-0.25, -0.2) is 0 Å². The Bertz CT molecular complexity index is 1080. The lowest BCUT2D eigenvalue weighted by molar-refractivity contribution is 0.414. The lowest BCUT2D eigenvalue weighted by atomic mass is 9.96. The highest BCUT2D eigenvalue weighted by Crippen LogP contribution is 2.45. The van der Waals surface area contributed by atoms with Gasteiger partial charge < -0.3 is 13.9 Å². The second-order valence-electron chi connectivity index (χ2n) is 6.50. The van der Waals surface area contributed by atoms with E-state index in [4.69, 9.17) is 13.9 Å². The highest BCUT2D eigenvalue weighted by atomic mass is 16.5. The molecule has 4 nitrogen and oxygen atoms in total. The Hall–Kier alpha value is -3.45. The number of nitrogens with zero attached hydrogens (tertiary/aromatic N) is 1. The third-order valence-electron chi connectivity index (χ3n) is 5.06. The molecule has 0 atom stereocenters. The Kier molecular flexibility index (Phi) is 4.21. The van der Waals surface area contributed by atoms with Crippen LogP contribution in [-0.4, -0.2) is 14.2 Å². The number of aryl methyl sites for hydroxylation is 1. The fraction of sp³-hybridized carbons (Fsp3) is 0.174. The summed E-state index contributed by atoms with van der Waals surface area (Å²) >= 11 is 0. The second kappa shape index (κ2) is 6.69. The van der Waals surface area contributed by atoms with E-state index in [1.807, 2.05) is 36.4 Å². The maximum Gasteiger partial charge on any atom is 0.152 e. The van der Waals surface area contributed by atoms with Gasteiger partial charge in [0.05, 0.1) is 26.0 Å². The first-order valence-corrected chi connectivity index (χ1v) is 8.69. The number of allylic oxidation sites excluding steroid dienone is 1. The molecule has 0 aliphatic heterocycles. The number of hydrogen-bond acceptors (Lipinski definition) is 4. The molecular weight excluding hydrogens is 338 g/mol. The van der Waals surface area contributed by atoms with E-state index in [9.17, 15) is 5.26 Å². The molecule has 2 aromatic carbocycles. The van der Waals surface area contributed by atoms with Gasteiger partial charge in [0.2, 0.25) is 0 Å². The van der Waals surface area contributed by atoms with E-state index in [2.05, 4.69) is 13.0 Å². The van der Waals surface area contributed by atoms with Crippen molar-refractivity contribution in [2.24, 2.45) is 0 Å². The zero-order valence-electron chi connectivity index (χ0n) is 15.5. The fourth-order valence-corrected chi connectivity index (χ4v) is 3.68. The van der Waals surface area contributed by atoms with Gasteiger partial charge in [-0.3, -0.25) is 0 Å². The Balaban J connectivity index is 1.98. The van der Waals surface area contributed by atoms with Gasteiger partial charge in [0.15, 0.2) is 5.76 Å². The summed E-state index contributed by atoms with van der Waals surface area (Å²) in [7, 11) is 3.32. The van der Waals surface area contributed by atoms with E-state index < -0.39 is 0 Å². The van der Waals surface area contributed by atoms with Crippen LogP contribution in [0.2, 0.25) is 0 Å². The van der Waals surface area contributed by atoms with Gasteiger partial charge in [0.1, 0.15) is 17.6 Å². The lowest BCUT2D eigenvalue weighted by Crippen LogP contribution is -1.94. The van der Waals surface area contributed by atoms with Crippen molar-refractivity contribution in [3.05, 3.63) is 82.3 Å². The van der Waals surface area contributed by atoms with E-state index in [1.165, 1.54) is 5.56 Å². The van der Waals surface area contributed by atoms with Crippen molar-refractivity contribution in [2.75, 3.05) is 14.2 Å². The number of nitriles is 1. The van der Waals surface area contributed by atoms with Crippen LogP contribution in [0.25, 0.3) is 11.1 Å². The van der Waals surface area contributed by atoms with Crippen LogP contribution in [0.5, 0.6) is 11.5 Å². The standard InChI is InChI=1S/C23H19NO3/c1-14-10-18(26-3)11-21-19(14)12-20(15-4-6-17(25-2)7-5-15)22(21)23-16(13-24)8-9-27-23/h4-11H,12H2,1-3H3. The molecule has 3 aromatic rings. The molecule has 27 heavy (non-hydrogen) atoms. The topological polar surface area (TPSA) is 55.4 Å². The maximum atomic E-state index is 9.52. The van der Waals surface area contributed by atoms with Crippen molar-refractivity contribution in [3.63, 3.8) is 0 Å². The Morgan fingerprint density at radius 2 is 1.74 bits per heavy atom. The second-order valence-corrected chi connectivity index (χ2v) is 6.50. The van der Waals surface area contributed by atoms with Gasteiger partial charge in [-0.05, 0) is 71.5 Å². The predicted molar refractivity (Wildman–Crippen MR) is 104 cm³/mol. The number of ether oxygens (including phenoxy) is 2. The Morgan fingerprint density at radius 3 is 2.41 bits per heavy atom. The van der Waals surface area contributed by atoms with E-state index >= 15 is 0 Å². The highest BCUT2D eigenvalue weighted by molar-refractivity contribution is 6.04. The molecule has 0 radical (unpaired) electrons. The summed E-state index contributed by atoms with van der Waals surface area (Å²) in [5, 5.41) is 9.52. The molecule has 134 valence electrons. The molecule has 4 heteroatoms. The Morgan fingerprint density at radius 1 is 1.00 bits per heavy atom. The van der Waals surface area contributed by atoms with Gasteiger partial charge in [-0.15, -0.1) is 0 Å². The molecule has 0 bridgehead atoms. The molecule has 0 fully saturated rings. The molecule has 1 aliphatic rings. The molecular formula is C23H19NO3. The van der Waals surface area contributed by atoms with Crippen molar-refractivity contribution in [2.45, 2.75) is 13.3 Å². The monoisotopic (exact) mass is 357 g/mol. The van der Waals surface area contributed by atoms with Crippen molar-refractivity contribution in [3.8, 4) is 17.6 Å². The molecule has 0 unspecified atom stereocenters. The minimum absolute atomic E-state index is 0.532. The number of hydrogen-bond donors (Lipinski definition) is 0. The van der Waals surface area contributed by atoms with Gasteiger partial charge >= 0.3 is 0 Å². The summed E-state index contributed by atoms with van der Waals surface area (Å²) in [5.41, 5.74) is 7.16. The third kappa shape index (κ3) is 2.78. The molecule has 0 amide bonds. The van der Waals surface area contributed by atoms with Gasteiger partial charge in [0, 0.05) is 5.57 Å². The SMILES string of the molecule is COc1ccc(C2=C(c3occc3C#N)c3cc(OC)cc(C)c3C2)cc1. The minimum atomic E-state index is 0.532. The molecule has 1 aromatic heterocycles. The molecule has 0 saturated heterocycles. The van der Waals surface area contributed by atoms with Crippen LogP contribution in [0.3, 0.4) is 0 Å². The fourth-order valence-electron chi connectivity index (χ4n) is 3.68. The summed E-state index contributed by atoms with van der Waals surface area (Å²) in [6.07, 6.45) is 2.34. The summed E-state index contributed by atoms with van der Waals surface area (Å²) in [5.74, 6) is 2.21. The van der Waals surface area contributed by atoms with Crippen LogP contribution in [0.4, 0.5) is 0 Å². The summed E-state index contributed by atoms with van der Waals surface area (Å²) in [6, 6.07) is 16.0. The smallest absolute Gasteiger partial charge is 0.152 e. The average molecular weight is 357 g/mol. The van der Waals surface area contributed by atoms with E-state index in [0.717, 1.165) is 45.8 Å². The highest BCUT2D eigenvalue weighted by Gasteiger charge is 2.29. The van der Waals surface area contributed by atoms with E-state index in [0.29, 0.717) is 11.3 Å². The molecule has 1 heterocycles. The largest absolute Gasteiger partial charge is 0.497 e. The van der Waals surface area contributed by atoms with Crippen LogP contribution in [0, 0.1) is 18.3 Å². The first kappa shape index (κ1) is 17.0. The number of fused-ring (bicyclic) bond motifs is 1. The quantitative estimate of drug-likeness (QED) is 0.660. The first-order chi connectivity index (χ1) is 13.2. The average Bonchev–Trinajstić information content (AvgIpc) is 3.31. The molecule has 0 saturated carbocycles. The van der Waals surface area contributed by atoms with Crippen molar-refractivity contribution >= 4 is 11.1 Å². The molecule has 0 spiro atoms. The number of furan rings is 1. The summed E-state index contributed by atoms with van der Waals surface area (Å²) in [6.45, 7) is 2.09. The molecule has 0 N–H and O–H groups in total. The van der Waals surface area contributed by atoms with Crippen molar-refractivity contribution in [1.82, 2.24) is 0 Å².